The van der Waals surface area contributed by atoms with E-state index in [4.69, 9.17) is 0 Å². The predicted molar refractivity (Wildman–Crippen MR) is 111 cm³/mol. The Bertz CT molecular complexity index is 919. The van der Waals surface area contributed by atoms with Crippen molar-refractivity contribution in [1.82, 2.24) is 15.5 Å². The SMILES string of the molecule is CCNC(=O)N1C[C@@H](C(=O)NCc2ccccc2F)CC[C@@H]1c1ccc(F)c(C)c1. The highest BCUT2D eigenvalue weighted by molar-refractivity contribution is 5.81. The summed E-state index contributed by atoms with van der Waals surface area (Å²) in [6.45, 7) is 4.34. The lowest BCUT2D eigenvalue weighted by atomic mass is 9.88. The van der Waals surface area contributed by atoms with Gasteiger partial charge in [0.1, 0.15) is 11.6 Å². The number of nitrogens with zero attached hydrogens (tertiary/aromatic N) is 1. The lowest BCUT2D eigenvalue weighted by molar-refractivity contribution is -0.126. The van der Waals surface area contributed by atoms with Gasteiger partial charge in [-0.05, 0) is 49.9 Å². The summed E-state index contributed by atoms with van der Waals surface area (Å²) in [6, 6.07) is 10.7. The largest absolute Gasteiger partial charge is 0.352 e. The molecule has 3 rings (SSSR count). The minimum atomic E-state index is -0.392. The molecule has 0 spiro atoms. The zero-order chi connectivity index (χ0) is 21.7. The molecule has 0 radical (unpaired) electrons. The number of halogens is 2. The van der Waals surface area contributed by atoms with E-state index in [0.717, 1.165) is 5.56 Å². The van der Waals surface area contributed by atoms with Crippen LogP contribution in [0.4, 0.5) is 13.6 Å². The van der Waals surface area contributed by atoms with Crippen LogP contribution in [0.5, 0.6) is 0 Å². The Balaban J connectivity index is 1.72. The van der Waals surface area contributed by atoms with Crippen molar-refractivity contribution >= 4 is 11.9 Å². The first kappa shape index (κ1) is 21.7. The van der Waals surface area contributed by atoms with E-state index in [2.05, 4.69) is 10.6 Å². The molecular formula is C23H27F2N3O2. The highest BCUT2D eigenvalue weighted by atomic mass is 19.1. The molecular weight excluding hydrogens is 388 g/mol. The van der Waals surface area contributed by atoms with Crippen LogP contribution in [0.1, 0.15) is 42.5 Å². The van der Waals surface area contributed by atoms with Gasteiger partial charge in [0, 0.05) is 25.2 Å². The molecule has 0 bridgehead atoms. The van der Waals surface area contributed by atoms with E-state index in [0.29, 0.717) is 30.5 Å². The molecule has 5 nitrogen and oxygen atoms in total. The van der Waals surface area contributed by atoms with Crippen LogP contribution in [0.15, 0.2) is 42.5 Å². The summed E-state index contributed by atoms with van der Waals surface area (Å²) in [4.78, 5) is 27.0. The van der Waals surface area contributed by atoms with E-state index < -0.39 is 5.92 Å². The normalized spacial score (nSPS) is 18.7. The van der Waals surface area contributed by atoms with E-state index in [1.165, 1.54) is 12.1 Å². The second-order valence-electron chi connectivity index (χ2n) is 7.60. The monoisotopic (exact) mass is 415 g/mol. The maximum Gasteiger partial charge on any atom is 0.317 e. The summed E-state index contributed by atoms with van der Waals surface area (Å²) in [5, 5.41) is 5.58. The molecule has 30 heavy (non-hydrogen) atoms. The number of hydrogen-bond acceptors (Lipinski definition) is 2. The Labute approximate surface area is 175 Å². The third kappa shape index (κ3) is 4.96. The smallest absolute Gasteiger partial charge is 0.317 e. The predicted octanol–water partition coefficient (Wildman–Crippen LogP) is 4.07. The molecule has 2 N–H and O–H groups in total. The molecule has 0 saturated carbocycles. The Morgan fingerprint density at radius 3 is 2.53 bits per heavy atom. The van der Waals surface area contributed by atoms with Crippen LogP contribution in [0.25, 0.3) is 0 Å². The summed E-state index contributed by atoms with van der Waals surface area (Å²) in [5.41, 5.74) is 1.79. The summed E-state index contributed by atoms with van der Waals surface area (Å²) in [6.07, 6.45) is 1.17. The molecule has 1 aliphatic rings. The van der Waals surface area contributed by atoms with Crippen LogP contribution >= 0.6 is 0 Å². The first-order valence-electron chi connectivity index (χ1n) is 10.2. The lowest BCUT2D eigenvalue weighted by Gasteiger charge is -2.39. The van der Waals surface area contributed by atoms with Gasteiger partial charge in [-0.3, -0.25) is 4.79 Å². The van der Waals surface area contributed by atoms with Gasteiger partial charge in [0.25, 0.3) is 0 Å². The lowest BCUT2D eigenvalue weighted by Crippen LogP contribution is -2.50. The molecule has 0 unspecified atom stereocenters. The molecule has 1 fully saturated rings. The summed E-state index contributed by atoms with van der Waals surface area (Å²) >= 11 is 0. The first-order valence-corrected chi connectivity index (χ1v) is 10.2. The van der Waals surface area contributed by atoms with Gasteiger partial charge in [-0.2, -0.15) is 0 Å². The van der Waals surface area contributed by atoms with Crippen LogP contribution in [0, 0.1) is 24.5 Å². The van der Waals surface area contributed by atoms with E-state index in [1.807, 2.05) is 6.92 Å². The first-order chi connectivity index (χ1) is 14.4. The molecule has 7 heteroatoms. The molecule has 2 atom stereocenters. The van der Waals surface area contributed by atoms with Gasteiger partial charge in [-0.1, -0.05) is 30.3 Å². The number of amides is 3. The van der Waals surface area contributed by atoms with E-state index >= 15 is 0 Å². The minimum Gasteiger partial charge on any atom is -0.352 e. The fraction of sp³-hybridized carbons (Fsp3) is 0.391. The number of likely N-dealkylation sites (tertiary alicyclic amines) is 1. The number of rotatable bonds is 5. The average molecular weight is 415 g/mol. The number of urea groups is 1. The van der Waals surface area contributed by atoms with Crippen LogP contribution in [0.2, 0.25) is 0 Å². The molecule has 2 aromatic rings. The Morgan fingerprint density at radius 1 is 1.07 bits per heavy atom. The van der Waals surface area contributed by atoms with Crippen molar-refractivity contribution in [2.24, 2.45) is 5.92 Å². The van der Waals surface area contributed by atoms with Gasteiger partial charge in [0.05, 0.1) is 12.0 Å². The number of aryl methyl sites for hydroxylation is 1. The quantitative estimate of drug-likeness (QED) is 0.773. The Hall–Kier alpha value is -2.96. The fourth-order valence-corrected chi connectivity index (χ4v) is 3.85. The van der Waals surface area contributed by atoms with Crippen molar-refractivity contribution < 1.29 is 18.4 Å². The molecule has 160 valence electrons. The maximum atomic E-state index is 13.8. The molecule has 2 aromatic carbocycles. The fourth-order valence-electron chi connectivity index (χ4n) is 3.85. The number of carbonyl (C=O) groups is 2. The molecule has 1 saturated heterocycles. The van der Waals surface area contributed by atoms with Crippen LogP contribution in [-0.2, 0) is 11.3 Å². The summed E-state index contributed by atoms with van der Waals surface area (Å²) < 4.78 is 27.5. The van der Waals surface area contributed by atoms with Gasteiger partial charge in [0.2, 0.25) is 5.91 Å². The molecule has 0 aliphatic carbocycles. The van der Waals surface area contributed by atoms with Gasteiger partial charge in [-0.15, -0.1) is 0 Å². The van der Waals surface area contributed by atoms with Crippen molar-refractivity contribution in [2.45, 2.75) is 39.3 Å². The number of benzene rings is 2. The van der Waals surface area contributed by atoms with Gasteiger partial charge >= 0.3 is 6.03 Å². The van der Waals surface area contributed by atoms with Crippen molar-refractivity contribution in [3.63, 3.8) is 0 Å². The van der Waals surface area contributed by atoms with Crippen LogP contribution < -0.4 is 10.6 Å². The molecule has 3 amide bonds. The third-order valence-corrected chi connectivity index (χ3v) is 5.52. The van der Waals surface area contributed by atoms with Crippen LogP contribution in [-0.4, -0.2) is 29.9 Å². The highest BCUT2D eigenvalue weighted by Gasteiger charge is 2.35. The van der Waals surface area contributed by atoms with E-state index in [-0.39, 0.29) is 42.7 Å². The second kappa shape index (κ2) is 9.69. The van der Waals surface area contributed by atoms with E-state index in [1.54, 1.807) is 42.2 Å². The Kier molecular flexibility index (Phi) is 7.03. The van der Waals surface area contributed by atoms with Crippen molar-refractivity contribution in [3.05, 3.63) is 70.8 Å². The van der Waals surface area contributed by atoms with Crippen molar-refractivity contribution in [2.75, 3.05) is 13.1 Å². The van der Waals surface area contributed by atoms with Crippen molar-refractivity contribution in [1.29, 1.82) is 0 Å². The third-order valence-electron chi connectivity index (χ3n) is 5.52. The van der Waals surface area contributed by atoms with Crippen molar-refractivity contribution in [3.8, 4) is 0 Å². The van der Waals surface area contributed by atoms with Crippen LogP contribution in [0.3, 0.4) is 0 Å². The average Bonchev–Trinajstić information content (AvgIpc) is 2.74. The zero-order valence-electron chi connectivity index (χ0n) is 17.3. The van der Waals surface area contributed by atoms with Gasteiger partial charge in [0.15, 0.2) is 0 Å². The molecule has 1 aliphatic heterocycles. The number of carbonyl (C=O) groups excluding carboxylic acids is 2. The number of hydrogen-bond donors (Lipinski definition) is 2. The topological polar surface area (TPSA) is 61.4 Å². The number of nitrogens with one attached hydrogen (secondary N) is 2. The number of piperidine rings is 1. The summed E-state index contributed by atoms with van der Waals surface area (Å²) in [7, 11) is 0. The van der Waals surface area contributed by atoms with Gasteiger partial charge < -0.3 is 15.5 Å². The maximum absolute atomic E-state index is 13.8. The Morgan fingerprint density at radius 2 is 1.83 bits per heavy atom. The molecule has 1 heterocycles. The zero-order valence-corrected chi connectivity index (χ0v) is 17.3. The molecule has 0 aromatic heterocycles. The minimum absolute atomic E-state index is 0.101. The summed E-state index contributed by atoms with van der Waals surface area (Å²) in [5.74, 6) is -1.25. The van der Waals surface area contributed by atoms with E-state index in [9.17, 15) is 18.4 Å². The standard InChI is InChI=1S/C23H27F2N3O2/c1-3-26-23(30)28-14-18(22(29)27-13-17-6-4-5-7-20(17)25)9-11-21(28)16-8-10-19(24)15(2)12-16/h4-8,10,12,18,21H,3,9,11,13-14H2,1-2H3,(H,26,30)(H,27,29)/t18-,21+/m0/s1. The van der Waals surface area contributed by atoms with Gasteiger partial charge in [-0.25, -0.2) is 13.6 Å². The highest BCUT2D eigenvalue weighted by Crippen LogP contribution is 2.34. The second-order valence-corrected chi connectivity index (χ2v) is 7.60.